The minimum absolute atomic E-state index is 0.0916. The predicted molar refractivity (Wildman–Crippen MR) is 62.7 cm³/mol. The van der Waals surface area contributed by atoms with Crippen LogP contribution in [0.1, 0.15) is 30.9 Å². The van der Waals surface area contributed by atoms with Crippen LogP contribution in [0.5, 0.6) is 0 Å². The van der Waals surface area contributed by atoms with Crippen LogP contribution in [0.25, 0.3) is 5.70 Å². The van der Waals surface area contributed by atoms with Gasteiger partial charge in [0.15, 0.2) is 0 Å². The molecule has 0 aliphatic rings. The number of benzene rings is 1. The second kappa shape index (κ2) is 5.44. The van der Waals surface area contributed by atoms with Crippen LogP contribution in [0.2, 0.25) is 0 Å². The summed E-state index contributed by atoms with van der Waals surface area (Å²) in [6, 6.07) is 4.07. The van der Waals surface area contributed by atoms with Gasteiger partial charge in [-0.15, -0.1) is 0 Å². The zero-order valence-electron chi connectivity index (χ0n) is 9.85. The van der Waals surface area contributed by atoms with E-state index in [-0.39, 0.29) is 11.3 Å². The molecule has 1 aromatic carbocycles. The van der Waals surface area contributed by atoms with Crippen LogP contribution < -0.4 is 5.73 Å². The molecule has 90 valence electrons. The molecule has 0 aliphatic carbocycles. The Labute approximate surface area is 99.4 Å². The first-order valence-corrected chi connectivity index (χ1v) is 5.36. The maximum Gasteiger partial charge on any atom is 0.135 e. The predicted octanol–water partition coefficient (Wildman–Crippen LogP) is 3.27. The van der Waals surface area contributed by atoms with Crippen LogP contribution in [0.4, 0.5) is 8.78 Å². The molecule has 1 rings (SSSR count). The second-order valence-electron chi connectivity index (χ2n) is 3.84. The van der Waals surface area contributed by atoms with Crippen molar-refractivity contribution in [3.05, 3.63) is 40.5 Å². The lowest BCUT2D eigenvalue weighted by Gasteiger charge is -2.08. The number of nitriles is 1. The van der Waals surface area contributed by atoms with Gasteiger partial charge in [-0.1, -0.05) is 13.3 Å². The third kappa shape index (κ3) is 2.82. The van der Waals surface area contributed by atoms with Gasteiger partial charge in [0.05, 0.1) is 17.3 Å². The summed E-state index contributed by atoms with van der Waals surface area (Å²) in [4.78, 5) is 0. The van der Waals surface area contributed by atoms with E-state index in [0.717, 1.165) is 12.5 Å². The third-order valence-electron chi connectivity index (χ3n) is 2.50. The summed E-state index contributed by atoms with van der Waals surface area (Å²) in [5.41, 5.74) is 6.57. The molecule has 0 heterocycles. The van der Waals surface area contributed by atoms with E-state index in [9.17, 15) is 8.78 Å². The highest BCUT2D eigenvalue weighted by Crippen LogP contribution is 2.22. The number of hydrogen-bond donors (Lipinski definition) is 1. The lowest BCUT2D eigenvalue weighted by molar-refractivity contribution is 0.575. The van der Waals surface area contributed by atoms with Crippen LogP contribution in [0, 0.1) is 29.9 Å². The Bertz CT molecular complexity index is 499. The first-order valence-electron chi connectivity index (χ1n) is 5.36. The highest BCUT2D eigenvalue weighted by molar-refractivity contribution is 5.69. The summed E-state index contributed by atoms with van der Waals surface area (Å²) in [7, 11) is 0. The molecule has 1 aromatic rings. The summed E-state index contributed by atoms with van der Waals surface area (Å²) in [5.74, 6) is -1.36. The minimum Gasteiger partial charge on any atom is -0.397 e. The standard InChI is InChI=1S/C13H14F2N2/c1-3-4-9(7-16)13(17)10-5-8(2)11(14)6-12(10)15/h5-6H,3-4,17H2,1-2H3/b13-9-. The summed E-state index contributed by atoms with van der Waals surface area (Å²) >= 11 is 0. The van der Waals surface area contributed by atoms with E-state index in [0.29, 0.717) is 17.6 Å². The maximum atomic E-state index is 13.6. The smallest absolute Gasteiger partial charge is 0.135 e. The van der Waals surface area contributed by atoms with Crippen molar-refractivity contribution in [3.63, 3.8) is 0 Å². The number of nitrogens with zero attached hydrogens (tertiary/aromatic N) is 1. The van der Waals surface area contributed by atoms with Gasteiger partial charge in [-0.2, -0.15) is 5.26 Å². The Morgan fingerprint density at radius 3 is 2.53 bits per heavy atom. The monoisotopic (exact) mass is 236 g/mol. The van der Waals surface area contributed by atoms with Crippen molar-refractivity contribution in [2.75, 3.05) is 0 Å². The van der Waals surface area contributed by atoms with Gasteiger partial charge in [0.25, 0.3) is 0 Å². The molecular weight excluding hydrogens is 222 g/mol. The van der Waals surface area contributed by atoms with Gasteiger partial charge in [-0.3, -0.25) is 0 Å². The average molecular weight is 236 g/mol. The molecule has 0 aromatic heterocycles. The molecule has 0 radical (unpaired) electrons. The number of allylic oxidation sites excluding steroid dienone is 1. The van der Waals surface area contributed by atoms with E-state index in [2.05, 4.69) is 0 Å². The van der Waals surface area contributed by atoms with Crippen molar-refractivity contribution in [3.8, 4) is 6.07 Å². The molecular formula is C13H14F2N2. The normalized spacial score (nSPS) is 11.9. The van der Waals surface area contributed by atoms with Crippen LogP contribution in [-0.2, 0) is 0 Å². The van der Waals surface area contributed by atoms with Gasteiger partial charge >= 0.3 is 0 Å². The molecule has 0 spiro atoms. The number of nitrogens with two attached hydrogens (primary N) is 1. The topological polar surface area (TPSA) is 49.8 Å². The fraction of sp³-hybridized carbons (Fsp3) is 0.308. The highest BCUT2D eigenvalue weighted by atomic mass is 19.1. The molecule has 0 saturated heterocycles. The van der Waals surface area contributed by atoms with Crippen LogP contribution in [0.15, 0.2) is 17.7 Å². The maximum absolute atomic E-state index is 13.6. The number of halogens is 2. The van der Waals surface area contributed by atoms with Crippen molar-refractivity contribution < 1.29 is 8.78 Å². The third-order valence-corrected chi connectivity index (χ3v) is 2.50. The van der Waals surface area contributed by atoms with Gasteiger partial charge in [0, 0.05) is 11.6 Å². The van der Waals surface area contributed by atoms with E-state index >= 15 is 0 Å². The lowest BCUT2D eigenvalue weighted by atomic mass is 10.0. The van der Waals surface area contributed by atoms with Crippen LogP contribution in [-0.4, -0.2) is 0 Å². The zero-order valence-corrected chi connectivity index (χ0v) is 9.85. The summed E-state index contributed by atoms with van der Waals surface area (Å²) in [6.45, 7) is 3.42. The Balaban J connectivity index is 3.34. The highest BCUT2D eigenvalue weighted by Gasteiger charge is 2.12. The van der Waals surface area contributed by atoms with Gasteiger partial charge in [0.2, 0.25) is 0 Å². The fourth-order valence-electron chi connectivity index (χ4n) is 1.53. The van der Waals surface area contributed by atoms with E-state index in [1.807, 2.05) is 13.0 Å². The minimum atomic E-state index is -0.741. The average Bonchev–Trinajstić information content (AvgIpc) is 2.30. The van der Waals surface area contributed by atoms with Crippen LogP contribution in [0.3, 0.4) is 0 Å². The SMILES string of the molecule is CCC/C(C#N)=C(/N)c1cc(C)c(F)cc1F. The molecule has 0 saturated carbocycles. The number of aryl methyl sites for hydroxylation is 1. The van der Waals surface area contributed by atoms with Crippen molar-refractivity contribution in [1.82, 2.24) is 0 Å². The molecule has 4 heteroatoms. The number of hydrogen-bond acceptors (Lipinski definition) is 2. The Morgan fingerprint density at radius 1 is 1.35 bits per heavy atom. The Morgan fingerprint density at radius 2 is 2.00 bits per heavy atom. The molecule has 0 atom stereocenters. The fourth-order valence-corrected chi connectivity index (χ4v) is 1.53. The van der Waals surface area contributed by atoms with Crippen molar-refractivity contribution in [2.24, 2.45) is 5.73 Å². The molecule has 0 fully saturated rings. The molecule has 0 amide bonds. The van der Waals surface area contributed by atoms with Crippen molar-refractivity contribution >= 4 is 5.70 Å². The van der Waals surface area contributed by atoms with E-state index in [4.69, 9.17) is 11.0 Å². The molecule has 0 bridgehead atoms. The van der Waals surface area contributed by atoms with E-state index in [1.165, 1.54) is 13.0 Å². The first-order chi connectivity index (χ1) is 8.01. The van der Waals surface area contributed by atoms with Crippen molar-refractivity contribution in [1.29, 1.82) is 5.26 Å². The number of rotatable bonds is 3. The molecule has 2 N–H and O–H groups in total. The summed E-state index contributed by atoms with van der Waals surface area (Å²) in [5, 5.41) is 8.92. The van der Waals surface area contributed by atoms with Crippen molar-refractivity contribution in [2.45, 2.75) is 26.7 Å². The molecule has 17 heavy (non-hydrogen) atoms. The molecule has 2 nitrogen and oxygen atoms in total. The zero-order chi connectivity index (χ0) is 13.0. The van der Waals surface area contributed by atoms with Gasteiger partial charge in [-0.25, -0.2) is 8.78 Å². The lowest BCUT2D eigenvalue weighted by Crippen LogP contribution is -2.05. The summed E-state index contributed by atoms with van der Waals surface area (Å²) < 4.78 is 26.6. The van der Waals surface area contributed by atoms with E-state index < -0.39 is 11.6 Å². The summed E-state index contributed by atoms with van der Waals surface area (Å²) in [6.07, 6.45) is 1.23. The van der Waals surface area contributed by atoms with Crippen LogP contribution >= 0.6 is 0 Å². The Hall–Kier alpha value is -1.89. The van der Waals surface area contributed by atoms with Gasteiger partial charge in [0.1, 0.15) is 11.6 Å². The largest absolute Gasteiger partial charge is 0.397 e. The van der Waals surface area contributed by atoms with Gasteiger partial charge < -0.3 is 5.73 Å². The molecule has 0 aliphatic heterocycles. The first kappa shape index (κ1) is 13.2. The second-order valence-corrected chi connectivity index (χ2v) is 3.84. The quantitative estimate of drug-likeness (QED) is 0.819. The van der Waals surface area contributed by atoms with Gasteiger partial charge in [-0.05, 0) is 25.0 Å². The Kier molecular flexibility index (Phi) is 4.22. The molecule has 0 unspecified atom stereocenters. The van der Waals surface area contributed by atoms with E-state index in [1.54, 1.807) is 0 Å².